The Hall–Kier alpha value is -3.31. The molecule has 3 aromatic rings. The second kappa shape index (κ2) is 13.1. The minimum atomic E-state index is -2.97. The van der Waals surface area contributed by atoms with Gasteiger partial charge in [-0.25, -0.2) is 13.2 Å². The summed E-state index contributed by atoms with van der Waals surface area (Å²) in [6.07, 6.45) is 0.0299. The number of nitrogens with zero attached hydrogens (tertiary/aromatic N) is 1. The highest BCUT2D eigenvalue weighted by atomic mass is 35.5. The summed E-state index contributed by atoms with van der Waals surface area (Å²) in [5.41, 5.74) is 3.14. The molecule has 1 aliphatic rings. The number of halogens is 2. The summed E-state index contributed by atoms with van der Waals surface area (Å²) >= 11 is 12.2. The maximum absolute atomic E-state index is 12.8. The summed E-state index contributed by atoms with van der Waals surface area (Å²) in [6, 6.07) is 14.4. The number of aliphatic carboxylic acids is 1. The largest absolute Gasteiger partial charge is 0.496 e. The molecule has 12 heteroatoms. The molecule has 3 aromatic carbocycles. The molecule has 218 valence electrons. The normalized spacial score (nSPS) is 15.6. The maximum Gasteiger partial charge on any atom is 0.326 e. The molecular weight excluding hydrogens is 591 g/mol. The predicted molar refractivity (Wildman–Crippen MR) is 158 cm³/mol. The van der Waals surface area contributed by atoms with E-state index < -0.39 is 27.8 Å². The average molecular weight is 622 g/mol. The summed E-state index contributed by atoms with van der Waals surface area (Å²) in [5, 5.41) is 12.5. The molecule has 0 unspecified atom stereocenters. The smallest absolute Gasteiger partial charge is 0.326 e. The molecule has 2 N–H and O–H groups in total. The van der Waals surface area contributed by atoms with Gasteiger partial charge in [0.25, 0.3) is 5.91 Å². The van der Waals surface area contributed by atoms with Crippen LogP contribution in [0.4, 0.5) is 0 Å². The topological polar surface area (TPSA) is 122 Å². The Bertz CT molecular complexity index is 1490. The van der Waals surface area contributed by atoms with Crippen LogP contribution in [0.1, 0.15) is 21.5 Å². The van der Waals surface area contributed by atoms with Gasteiger partial charge in [-0.3, -0.25) is 9.69 Å². The van der Waals surface area contributed by atoms with E-state index in [0.717, 1.165) is 16.7 Å². The molecule has 0 radical (unpaired) electrons. The summed E-state index contributed by atoms with van der Waals surface area (Å²) in [7, 11) is 0.160. The molecule has 1 aliphatic heterocycles. The van der Waals surface area contributed by atoms with E-state index in [1.54, 1.807) is 32.4 Å². The van der Waals surface area contributed by atoms with Crippen molar-refractivity contribution in [3.8, 4) is 22.6 Å². The van der Waals surface area contributed by atoms with E-state index in [-0.39, 0.29) is 33.5 Å². The lowest BCUT2D eigenvalue weighted by atomic mass is 9.97. The molecule has 0 spiro atoms. The van der Waals surface area contributed by atoms with E-state index in [4.69, 9.17) is 32.7 Å². The summed E-state index contributed by atoms with van der Waals surface area (Å²) < 4.78 is 34.9. The Morgan fingerprint density at radius 2 is 1.51 bits per heavy atom. The molecule has 4 rings (SSSR count). The van der Waals surface area contributed by atoms with E-state index in [2.05, 4.69) is 10.2 Å². The molecular formula is C29H30Cl2N2O7S. The van der Waals surface area contributed by atoms with Gasteiger partial charge < -0.3 is 19.9 Å². The number of carbonyl (C=O) groups excluding carboxylic acids is 1. The fourth-order valence-electron chi connectivity index (χ4n) is 4.70. The number of nitrogens with one attached hydrogen (secondary N) is 1. The van der Waals surface area contributed by atoms with Crippen molar-refractivity contribution in [3.63, 3.8) is 0 Å². The van der Waals surface area contributed by atoms with Gasteiger partial charge in [-0.15, -0.1) is 0 Å². The van der Waals surface area contributed by atoms with Crippen LogP contribution in [0, 0.1) is 0 Å². The third-order valence-corrected chi connectivity index (χ3v) is 9.12. The van der Waals surface area contributed by atoms with Crippen molar-refractivity contribution in [1.82, 2.24) is 10.2 Å². The van der Waals surface area contributed by atoms with Crippen molar-refractivity contribution in [1.29, 1.82) is 0 Å². The molecule has 1 saturated heterocycles. The number of carboxylic acids is 1. The van der Waals surface area contributed by atoms with Crippen LogP contribution in [0.15, 0.2) is 54.6 Å². The minimum Gasteiger partial charge on any atom is -0.496 e. The number of carbonyl (C=O) groups is 2. The van der Waals surface area contributed by atoms with E-state index in [1.165, 1.54) is 12.1 Å². The second-order valence-corrected chi connectivity index (χ2v) is 12.8. The molecule has 9 nitrogen and oxygen atoms in total. The molecule has 1 fully saturated rings. The lowest BCUT2D eigenvalue weighted by molar-refractivity contribution is -0.139. The van der Waals surface area contributed by atoms with Gasteiger partial charge in [-0.2, -0.15) is 0 Å². The van der Waals surface area contributed by atoms with Gasteiger partial charge in [0, 0.05) is 26.1 Å². The first-order valence-electron chi connectivity index (χ1n) is 12.8. The van der Waals surface area contributed by atoms with Crippen LogP contribution in [0.5, 0.6) is 11.5 Å². The fourth-order valence-corrected chi connectivity index (χ4v) is 6.54. The number of rotatable bonds is 10. The summed E-state index contributed by atoms with van der Waals surface area (Å²) in [5.74, 6) is -0.410. The number of amides is 1. The predicted octanol–water partition coefficient (Wildman–Crippen LogP) is 4.33. The highest BCUT2D eigenvalue weighted by molar-refractivity contribution is 7.91. The van der Waals surface area contributed by atoms with Crippen LogP contribution in [0.2, 0.25) is 10.0 Å². The van der Waals surface area contributed by atoms with E-state index in [0.29, 0.717) is 36.7 Å². The third-order valence-electron chi connectivity index (χ3n) is 6.88. The quantitative estimate of drug-likeness (QED) is 0.343. The van der Waals surface area contributed by atoms with Crippen LogP contribution in [0.25, 0.3) is 11.1 Å². The standard InChI is InChI=1S/C29H30Cl2N2O7S/c1-39-24-15-19(17-33-10-12-41(37,38)13-11-33)16-25(40-2)26(24)20-8-6-18(7-9-20)14-23(29(35)36)32-28(34)27-21(30)4-3-5-22(27)31/h3-9,15-16,23H,10-14,17H2,1-2H3,(H,32,34)(H,35,36)/t23-/m0/s1. The lowest BCUT2D eigenvalue weighted by Crippen LogP contribution is -2.42. The highest BCUT2D eigenvalue weighted by Crippen LogP contribution is 2.40. The number of ether oxygens (including phenoxy) is 2. The molecule has 41 heavy (non-hydrogen) atoms. The highest BCUT2D eigenvalue weighted by Gasteiger charge is 2.25. The van der Waals surface area contributed by atoms with Crippen LogP contribution in [-0.4, -0.2) is 75.2 Å². The van der Waals surface area contributed by atoms with Gasteiger partial charge in [0.15, 0.2) is 9.84 Å². The number of benzene rings is 3. The fraction of sp³-hybridized carbons (Fsp3) is 0.310. The Morgan fingerprint density at radius 1 is 0.951 bits per heavy atom. The van der Waals surface area contributed by atoms with Crippen LogP contribution in [-0.2, 0) is 27.6 Å². The van der Waals surface area contributed by atoms with E-state index in [9.17, 15) is 23.1 Å². The van der Waals surface area contributed by atoms with Gasteiger partial charge in [0.05, 0.1) is 46.9 Å². The van der Waals surface area contributed by atoms with Gasteiger partial charge in [0.1, 0.15) is 17.5 Å². The van der Waals surface area contributed by atoms with Crippen molar-refractivity contribution in [2.45, 2.75) is 19.0 Å². The molecule has 1 heterocycles. The average Bonchev–Trinajstić information content (AvgIpc) is 2.93. The van der Waals surface area contributed by atoms with E-state index in [1.807, 2.05) is 24.3 Å². The maximum atomic E-state index is 12.8. The molecule has 1 amide bonds. The van der Waals surface area contributed by atoms with Crippen molar-refractivity contribution in [3.05, 3.63) is 81.3 Å². The van der Waals surface area contributed by atoms with Crippen molar-refractivity contribution >= 4 is 44.9 Å². The number of hydrogen-bond donors (Lipinski definition) is 2. The molecule has 0 bridgehead atoms. The summed E-state index contributed by atoms with van der Waals surface area (Å²) in [4.78, 5) is 26.8. The summed E-state index contributed by atoms with van der Waals surface area (Å²) in [6.45, 7) is 1.50. The third kappa shape index (κ3) is 7.51. The van der Waals surface area contributed by atoms with Crippen molar-refractivity contribution in [2.24, 2.45) is 0 Å². The Balaban J connectivity index is 1.52. The molecule has 0 saturated carbocycles. The van der Waals surface area contributed by atoms with Gasteiger partial charge >= 0.3 is 5.97 Å². The molecule has 0 aromatic heterocycles. The van der Waals surface area contributed by atoms with Crippen LogP contribution < -0.4 is 14.8 Å². The van der Waals surface area contributed by atoms with Gasteiger partial charge in [-0.05, 0) is 41.0 Å². The zero-order chi connectivity index (χ0) is 29.7. The number of sulfone groups is 1. The van der Waals surface area contributed by atoms with Gasteiger partial charge in [-0.1, -0.05) is 53.5 Å². The first-order chi connectivity index (χ1) is 19.5. The van der Waals surface area contributed by atoms with Crippen LogP contribution >= 0.6 is 23.2 Å². The first kappa shape index (κ1) is 30.6. The lowest BCUT2D eigenvalue weighted by Gasteiger charge is -2.27. The SMILES string of the molecule is COc1cc(CN2CCS(=O)(=O)CC2)cc(OC)c1-c1ccc(C[C@H](NC(=O)c2c(Cl)cccc2Cl)C(=O)O)cc1. The monoisotopic (exact) mass is 620 g/mol. The minimum absolute atomic E-state index is 0.0189. The van der Waals surface area contributed by atoms with Crippen molar-refractivity contribution in [2.75, 3.05) is 38.8 Å². The molecule has 0 aliphatic carbocycles. The van der Waals surface area contributed by atoms with Crippen molar-refractivity contribution < 1.29 is 32.6 Å². The number of carboxylic acid groups (broad SMARTS) is 1. The first-order valence-corrected chi connectivity index (χ1v) is 15.3. The zero-order valence-electron chi connectivity index (χ0n) is 22.5. The molecule has 1 atom stereocenters. The van der Waals surface area contributed by atoms with Gasteiger partial charge in [0.2, 0.25) is 0 Å². The second-order valence-electron chi connectivity index (χ2n) is 9.67. The zero-order valence-corrected chi connectivity index (χ0v) is 24.9. The van der Waals surface area contributed by atoms with E-state index >= 15 is 0 Å². The number of methoxy groups -OCH3 is 2. The van der Waals surface area contributed by atoms with Crippen LogP contribution in [0.3, 0.4) is 0 Å². The Kier molecular flexibility index (Phi) is 9.80. The number of hydrogen-bond acceptors (Lipinski definition) is 7. The Morgan fingerprint density at radius 3 is 2.02 bits per heavy atom. The Labute approximate surface area is 248 Å².